The molecule has 7 heteroatoms. The van der Waals surface area contributed by atoms with E-state index in [9.17, 15) is 8.42 Å². The van der Waals surface area contributed by atoms with E-state index in [0.717, 1.165) is 23.3 Å². The lowest BCUT2D eigenvalue weighted by molar-refractivity contribution is 0.173. The fraction of sp³-hybridized carbons (Fsp3) is 0.455. The van der Waals surface area contributed by atoms with Gasteiger partial charge in [0.25, 0.3) is 0 Å². The molecule has 0 spiro atoms. The molecule has 0 atom stereocenters. The van der Waals surface area contributed by atoms with Crippen molar-refractivity contribution in [2.45, 2.75) is 6.54 Å². The maximum Gasteiger partial charge on any atom is 0.231 e. The lowest BCUT2D eigenvalue weighted by Crippen LogP contribution is -2.30. The summed E-state index contributed by atoms with van der Waals surface area (Å²) in [4.78, 5) is 0. The van der Waals surface area contributed by atoms with E-state index in [1.54, 1.807) is 0 Å². The lowest BCUT2D eigenvalue weighted by atomic mass is 10.2. The predicted octanol–water partition coefficient (Wildman–Crippen LogP) is 0.0541. The van der Waals surface area contributed by atoms with Crippen molar-refractivity contribution in [3.05, 3.63) is 23.8 Å². The molecule has 0 fully saturated rings. The molecule has 2 N–H and O–H groups in total. The molecular weight excluding hydrogens is 256 g/mol. The first-order valence-corrected chi connectivity index (χ1v) is 7.48. The third-order valence-corrected chi connectivity index (χ3v) is 3.19. The number of nitrogens with one attached hydrogen (secondary N) is 2. The Hall–Kier alpha value is -1.31. The zero-order chi connectivity index (χ0) is 13.0. The van der Waals surface area contributed by atoms with Crippen LogP contribution >= 0.6 is 0 Å². The number of sulfonamides is 1. The summed E-state index contributed by atoms with van der Waals surface area (Å²) < 4.78 is 34.7. The molecule has 6 nitrogen and oxygen atoms in total. The van der Waals surface area contributed by atoms with Gasteiger partial charge in [-0.25, -0.2) is 13.1 Å². The normalized spacial score (nSPS) is 13.8. The second-order valence-electron chi connectivity index (χ2n) is 3.99. The summed E-state index contributed by atoms with van der Waals surface area (Å²) in [7, 11) is -3.11. The summed E-state index contributed by atoms with van der Waals surface area (Å²) >= 11 is 0. The molecule has 0 amide bonds. The molecule has 1 heterocycles. The molecule has 0 aliphatic carbocycles. The zero-order valence-electron chi connectivity index (χ0n) is 10.1. The number of fused-ring (bicyclic) bond motifs is 1. The van der Waals surface area contributed by atoms with Gasteiger partial charge < -0.3 is 14.8 Å². The molecule has 2 rings (SSSR count). The molecule has 0 radical (unpaired) electrons. The van der Waals surface area contributed by atoms with Gasteiger partial charge in [-0.2, -0.15) is 0 Å². The molecule has 1 aliphatic rings. The smallest absolute Gasteiger partial charge is 0.231 e. The minimum atomic E-state index is -3.11. The van der Waals surface area contributed by atoms with Gasteiger partial charge in [0.1, 0.15) is 0 Å². The number of hydrogen-bond donors (Lipinski definition) is 2. The molecule has 1 aromatic carbocycles. The van der Waals surface area contributed by atoms with Gasteiger partial charge >= 0.3 is 0 Å². The molecule has 0 bridgehead atoms. The quantitative estimate of drug-likeness (QED) is 0.716. The van der Waals surface area contributed by atoms with E-state index < -0.39 is 10.0 Å². The van der Waals surface area contributed by atoms with Gasteiger partial charge in [0, 0.05) is 25.2 Å². The molecule has 1 aliphatic heterocycles. The Balaban J connectivity index is 1.79. The van der Waals surface area contributed by atoms with Crippen LogP contribution in [0.5, 0.6) is 11.5 Å². The second kappa shape index (κ2) is 5.55. The van der Waals surface area contributed by atoms with Crippen molar-refractivity contribution in [3.8, 4) is 11.5 Å². The van der Waals surface area contributed by atoms with Crippen LogP contribution < -0.4 is 19.5 Å². The summed E-state index contributed by atoms with van der Waals surface area (Å²) in [6, 6.07) is 5.71. The van der Waals surface area contributed by atoms with Crippen LogP contribution in [0, 0.1) is 0 Å². The van der Waals surface area contributed by atoms with Crippen LogP contribution in [0.3, 0.4) is 0 Å². The summed E-state index contributed by atoms with van der Waals surface area (Å²) in [5, 5.41) is 3.14. The van der Waals surface area contributed by atoms with Crippen LogP contribution in [-0.4, -0.2) is 34.6 Å². The van der Waals surface area contributed by atoms with Crippen molar-refractivity contribution in [1.29, 1.82) is 0 Å². The van der Waals surface area contributed by atoms with E-state index in [2.05, 4.69) is 10.0 Å². The van der Waals surface area contributed by atoms with Gasteiger partial charge in [-0.1, -0.05) is 12.1 Å². The standard InChI is InChI=1S/C11H16N2O4S/c1-18(14,15)13-6-5-12-7-9-3-2-4-10-11(9)17-8-16-10/h2-4,12-13H,5-8H2,1H3. The van der Waals surface area contributed by atoms with E-state index in [1.165, 1.54) is 0 Å². The average Bonchev–Trinajstić information content (AvgIpc) is 2.75. The second-order valence-corrected chi connectivity index (χ2v) is 5.83. The Morgan fingerprint density at radius 3 is 2.89 bits per heavy atom. The molecule has 0 saturated carbocycles. The molecule has 0 aromatic heterocycles. The van der Waals surface area contributed by atoms with Crippen LogP contribution in [0.15, 0.2) is 18.2 Å². The Morgan fingerprint density at radius 2 is 2.11 bits per heavy atom. The monoisotopic (exact) mass is 272 g/mol. The van der Waals surface area contributed by atoms with Crippen molar-refractivity contribution in [3.63, 3.8) is 0 Å². The highest BCUT2D eigenvalue weighted by Gasteiger charge is 2.16. The first kappa shape index (κ1) is 13.1. The summed E-state index contributed by atoms with van der Waals surface area (Å²) in [5.41, 5.74) is 1.00. The third kappa shape index (κ3) is 3.59. The maximum atomic E-state index is 10.8. The van der Waals surface area contributed by atoms with Crippen molar-refractivity contribution in [2.75, 3.05) is 26.1 Å². The van der Waals surface area contributed by atoms with Crippen LogP contribution in [0.25, 0.3) is 0 Å². The molecule has 0 unspecified atom stereocenters. The topological polar surface area (TPSA) is 76.7 Å². The van der Waals surface area contributed by atoms with E-state index >= 15 is 0 Å². The lowest BCUT2D eigenvalue weighted by Gasteiger charge is -2.07. The molecule has 0 saturated heterocycles. The Kier molecular flexibility index (Phi) is 4.05. The van der Waals surface area contributed by atoms with Gasteiger partial charge in [-0.05, 0) is 6.07 Å². The van der Waals surface area contributed by atoms with E-state index in [4.69, 9.17) is 9.47 Å². The number of hydrogen-bond acceptors (Lipinski definition) is 5. The highest BCUT2D eigenvalue weighted by molar-refractivity contribution is 7.88. The Labute approximate surface area is 106 Å². The van der Waals surface area contributed by atoms with E-state index in [-0.39, 0.29) is 6.79 Å². The number of para-hydroxylation sites is 1. The van der Waals surface area contributed by atoms with E-state index in [1.807, 2.05) is 18.2 Å². The van der Waals surface area contributed by atoms with Crippen molar-refractivity contribution in [2.24, 2.45) is 0 Å². The van der Waals surface area contributed by atoms with Gasteiger partial charge in [-0.3, -0.25) is 0 Å². The molecule has 100 valence electrons. The summed E-state index contributed by atoms with van der Waals surface area (Å²) in [6.45, 7) is 1.78. The van der Waals surface area contributed by atoms with Crippen molar-refractivity contribution < 1.29 is 17.9 Å². The number of ether oxygens (including phenoxy) is 2. The summed E-state index contributed by atoms with van der Waals surface area (Å²) in [6.07, 6.45) is 1.14. The van der Waals surface area contributed by atoms with Gasteiger partial charge in [-0.15, -0.1) is 0 Å². The summed E-state index contributed by atoms with van der Waals surface area (Å²) in [5.74, 6) is 1.52. The molecule has 1 aromatic rings. The van der Waals surface area contributed by atoms with E-state index in [0.29, 0.717) is 19.6 Å². The number of benzene rings is 1. The highest BCUT2D eigenvalue weighted by Crippen LogP contribution is 2.34. The molecular formula is C11H16N2O4S. The Bertz CT molecular complexity index is 516. The van der Waals surface area contributed by atoms with Gasteiger partial charge in [0.05, 0.1) is 6.26 Å². The third-order valence-electron chi connectivity index (χ3n) is 2.46. The van der Waals surface area contributed by atoms with Gasteiger partial charge in [0.2, 0.25) is 16.8 Å². The average molecular weight is 272 g/mol. The van der Waals surface area contributed by atoms with Gasteiger partial charge in [0.15, 0.2) is 11.5 Å². The first-order valence-electron chi connectivity index (χ1n) is 5.59. The Morgan fingerprint density at radius 1 is 1.28 bits per heavy atom. The van der Waals surface area contributed by atoms with Crippen LogP contribution in [0.4, 0.5) is 0 Å². The van der Waals surface area contributed by atoms with Crippen LogP contribution in [0.2, 0.25) is 0 Å². The minimum Gasteiger partial charge on any atom is -0.454 e. The molecule has 18 heavy (non-hydrogen) atoms. The zero-order valence-corrected chi connectivity index (χ0v) is 10.9. The van der Waals surface area contributed by atoms with Crippen LogP contribution in [0.1, 0.15) is 5.56 Å². The SMILES string of the molecule is CS(=O)(=O)NCCNCc1cccc2c1OCO2. The largest absolute Gasteiger partial charge is 0.454 e. The maximum absolute atomic E-state index is 10.8. The van der Waals surface area contributed by atoms with Crippen molar-refractivity contribution in [1.82, 2.24) is 10.0 Å². The highest BCUT2D eigenvalue weighted by atomic mass is 32.2. The fourth-order valence-electron chi connectivity index (χ4n) is 1.68. The predicted molar refractivity (Wildman–Crippen MR) is 67.1 cm³/mol. The van der Waals surface area contributed by atoms with Crippen LogP contribution in [-0.2, 0) is 16.6 Å². The first-order chi connectivity index (χ1) is 8.56. The fourth-order valence-corrected chi connectivity index (χ4v) is 2.15. The van der Waals surface area contributed by atoms with Crippen molar-refractivity contribution >= 4 is 10.0 Å². The number of rotatable bonds is 6. The minimum absolute atomic E-state index is 0.252.